The number of hydrogen-bond donors (Lipinski definition) is 0. The van der Waals surface area contributed by atoms with Gasteiger partial charge in [0.2, 0.25) is 0 Å². The third-order valence-corrected chi connectivity index (χ3v) is 5.81. The van der Waals surface area contributed by atoms with E-state index < -0.39 is 5.97 Å². The third-order valence-electron chi connectivity index (χ3n) is 5.40. The van der Waals surface area contributed by atoms with Crippen LogP contribution in [0.4, 0.5) is 0 Å². The molecular weight excluding hydrogens is 388 g/mol. The third kappa shape index (κ3) is 3.51. The second-order valence-corrected chi connectivity index (χ2v) is 7.56. The van der Waals surface area contributed by atoms with Crippen LogP contribution < -0.4 is 0 Å². The fraction of sp³-hybridized carbons (Fsp3) is 0.304. The quantitative estimate of drug-likeness (QED) is 0.538. The molecule has 1 aromatic heterocycles. The van der Waals surface area contributed by atoms with Crippen LogP contribution in [0.25, 0.3) is 11.8 Å². The van der Waals surface area contributed by atoms with Crippen LogP contribution in [0.3, 0.4) is 0 Å². The van der Waals surface area contributed by atoms with Crippen molar-refractivity contribution in [3.63, 3.8) is 0 Å². The number of nitrogens with zero attached hydrogens (tertiary/aromatic N) is 2. The van der Waals surface area contributed by atoms with Gasteiger partial charge in [0.15, 0.2) is 0 Å². The van der Waals surface area contributed by atoms with E-state index in [0.29, 0.717) is 28.4 Å². The summed E-state index contributed by atoms with van der Waals surface area (Å²) in [6.45, 7) is 10.1. The molecule has 0 atom stereocenters. The molecule has 6 heteroatoms. The minimum atomic E-state index is -0.503. The average Bonchev–Trinajstić information content (AvgIpc) is 3.09. The maximum Gasteiger partial charge on any atom is 0.340 e. The Balaban J connectivity index is 2.14. The number of likely N-dealkylation sites (N-methyl/N-ethyl adjacent to an activating group) is 1. The Kier molecular flexibility index (Phi) is 5.71. The van der Waals surface area contributed by atoms with E-state index in [1.807, 2.05) is 52.0 Å². The fourth-order valence-electron chi connectivity index (χ4n) is 3.82. The normalized spacial score (nSPS) is 15.6. The number of amides is 1. The van der Waals surface area contributed by atoms with E-state index in [1.54, 1.807) is 17.9 Å². The molecule has 1 aromatic carbocycles. The van der Waals surface area contributed by atoms with E-state index in [0.717, 1.165) is 28.2 Å². The Labute approximate surface area is 176 Å². The molecule has 0 unspecified atom stereocenters. The minimum absolute atomic E-state index is 0.186. The summed E-state index contributed by atoms with van der Waals surface area (Å²) in [5.74, 6) is -0.689. The standard InChI is InChI=1S/C23H25ClN2O3/c1-7-25-16(5)21(23(28)29-6)19(22(25)27)11-17-10-14(3)26(15(17)4)18-9-8-13(2)20(24)12-18/h8-12H,7H2,1-6H3/b19-11-. The number of benzene rings is 1. The highest BCUT2D eigenvalue weighted by Crippen LogP contribution is 2.33. The zero-order valence-corrected chi connectivity index (χ0v) is 18.3. The van der Waals surface area contributed by atoms with Gasteiger partial charge in [-0.05, 0) is 70.0 Å². The number of hydrogen-bond acceptors (Lipinski definition) is 3. The van der Waals surface area contributed by atoms with E-state index in [9.17, 15) is 9.59 Å². The van der Waals surface area contributed by atoms with Crippen LogP contribution in [0.1, 0.15) is 36.4 Å². The van der Waals surface area contributed by atoms with E-state index >= 15 is 0 Å². The number of carbonyl (C=O) groups is 2. The van der Waals surface area contributed by atoms with E-state index in [1.165, 1.54) is 7.11 Å². The summed E-state index contributed by atoms with van der Waals surface area (Å²) in [4.78, 5) is 26.9. The summed E-state index contributed by atoms with van der Waals surface area (Å²) in [7, 11) is 1.33. The first-order valence-electron chi connectivity index (χ1n) is 9.49. The molecule has 3 rings (SSSR count). The number of methoxy groups -OCH3 is 1. The van der Waals surface area contributed by atoms with Crippen LogP contribution in [0, 0.1) is 20.8 Å². The predicted octanol–water partition coefficient (Wildman–Crippen LogP) is 4.75. The summed E-state index contributed by atoms with van der Waals surface area (Å²) in [6.07, 6.45) is 1.78. The number of carbonyl (C=O) groups excluding carboxylic acids is 2. The van der Waals surface area contributed by atoms with E-state index in [4.69, 9.17) is 16.3 Å². The SMILES string of the molecule is CCN1C(=O)/C(=C\c2cc(C)n(-c3ccc(C)c(Cl)c3)c2C)C(C(=O)OC)=C1C. The molecule has 0 spiro atoms. The topological polar surface area (TPSA) is 51.5 Å². The Morgan fingerprint density at radius 2 is 1.86 bits per heavy atom. The second kappa shape index (κ2) is 7.91. The smallest absolute Gasteiger partial charge is 0.340 e. The van der Waals surface area contributed by atoms with Gasteiger partial charge in [-0.1, -0.05) is 17.7 Å². The molecule has 1 amide bonds. The Hall–Kier alpha value is -2.79. The highest BCUT2D eigenvalue weighted by atomic mass is 35.5. The van der Waals surface area contributed by atoms with Crippen LogP contribution in [0.15, 0.2) is 41.1 Å². The molecule has 29 heavy (non-hydrogen) atoms. The molecule has 0 saturated heterocycles. The number of rotatable bonds is 4. The zero-order valence-electron chi connectivity index (χ0n) is 17.6. The molecule has 0 bridgehead atoms. The maximum absolute atomic E-state index is 12.9. The minimum Gasteiger partial charge on any atom is -0.465 e. The molecule has 5 nitrogen and oxygen atoms in total. The highest BCUT2D eigenvalue weighted by Gasteiger charge is 2.36. The lowest BCUT2D eigenvalue weighted by Gasteiger charge is -2.14. The summed E-state index contributed by atoms with van der Waals surface area (Å²) < 4.78 is 7.02. The van der Waals surface area contributed by atoms with Crippen LogP contribution in [-0.2, 0) is 14.3 Å². The van der Waals surface area contributed by atoms with Crippen molar-refractivity contribution in [2.75, 3.05) is 13.7 Å². The van der Waals surface area contributed by atoms with Crippen molar-refractivity contribution < 1.29 is 14.3 Å². The van der Waals surface area contributed by atoms with Crippen molar-refractivity contribution in [2.45, 2.75) is 34.6 Å². The van der Waals surface area contributed by atoms with Gasteiger partial charge in [0.05, 0.1) is 18.3 Å². The van der Waals surface area contributed by atoms with Gasteiger partial charge in [-0.25, -0.2) is 4.79 Å². The van der Waals surface area contributed by atoms with Gasteiger partial charge >= 0.3 is 5.97 Å². The highest BCUT2D eigenvalue weighted by molar-refractivity contribution is 6.31. The average molecular weight is 413 g/mol. The molecule has 0 N–H and O–H groups in total. The molecule has 1 aliphatic rings. The second-order valence-electron chi connectivity index (χ2n) is 7.15. The fourth-order valence-corrected chi connectivity index (χ4v) is 3.99. The number of esters is 1. The predicted molar refractivity (Wildman–Crippen MR) is 115 cm³/mol. The molecule has 1 aliphatic heterocycles. The summed E-state index contributed by atoms with van der Waals surface area (Å²) >= 11 is 6.32. The van der Waals surface area contributed by atoms with Crippen molar-refractivity contribution in [1.82, 2.24) is 9.47 Å². The number of aromatic nitrogens is 1. The molecule has 152 valence electrons. The molecule has 0 fully saturated rings. The van der Waals surface area contributed by atoms with Crippen molar-refractivity contribution >= 4 is 29.6 Å². The first-order valence-corrected chi connectivity index (χ1v) is 9.87. The summed E-state index contributed by atoms with van der Waals surface area (Å²) in [5, 5.41) is 0.700. The maximum atomic E-state index is 12.9. The van der Waals surface area contributed by atoms with Gasteiger partial charge in [-0.3, -0.25) is 4.79 Å². The molecule has 0 radical (unpaired) electrons. The first kappa shape index (κ1) is 20.9. The van der Waals surface area contributed by atoms with Gasteiger partial charge in [0.25, 0.3) is 5.91 Å². The lowest BCUT2D eigenvalue weighted by molar-refractivity contribution is -0.136. The lowest BCUT2D eigenvalue weighted by Crippen LogP contribution is -2.24. The summed E-state index contributed by atoms with van der Waals surface area (Å²) in [5.41, 5.74) is 6.10. The van der Waals surface area contributed by atoms with E-state index in [2.05, 4.69) is 4.57 Å². The largest absolute Gasteiger partial charge is 0.465 e. The van der Waals surface area contributed by atoms with Crippen LogP contribution in [-0.4, -0.2) is 35.0 Å². The van der Waals surface area contributed by atoms with Crippen molar-refractivity contribution in [3.05, 3.63) is 68.6 Å². The number of halogens is 1. The van der Waals surface area contributed by atoms with Gasteiger partial charge in [-0.2, -0.15) is 0 Å². The number of allylic oxidation sites excluding steroid dienone is 1. The van der Waals surface area contributed by atoms with Crippen LogP contribution in [0.2, 0.25) is 5.02 Å². The summed E-state index contributed by atoms with van der Waals surface area (Å²) in [6, 6.07) is 7.93. The van der Waals surface area contributed by atoms with Gasteiger partial charge < -0.3 is 14.2 Å². The van der Waals surface area contributed by atoms with Crippen LogP contribution in [0.5, 0.6) is 0 Å². The first-order chi connectivity index (χ1) is 13.7. The van der Waals surface area contributed by atoms with Crippen LogP contribution >= 0.6 is 11.6 Å². The Bertz CT molecular complexity index is 1080. The van der Waals surface area contributed by atoms with Gasteiger partial charge in [0, 0.05) is 34.3 Å². The zero-order chi connectivity index (χ0) is 21.5. The Morgan fingerprint density at radius 1 is 1.17 bits per heavy atom. The molecule has 2 aromatic rings. The van der Waals surface area contributed by atoms with Crippen molar-refractivity contribution in [1.29, 1.82) is 0 Å². The molecule has 0 aliphatic carbocycles. The lowest BCUT2D eigenvalue weighted by atomic mass is 10.0. The van der Waals surface area contributed by atoms with Crippen molar-refractivity contribution in [2.24, 2.45) is 0 Å². The number of ether oxygens (including phenoxy) is 1. The Morgan fingerprint density at radius 3 is 2.45 bits per heavy atom. The van der Waals surface area contributed by atoms with E-state index in [-0.39, 0.29) is 5.91 Å². The van der Waals surface area contributed by atoms with Gasteiger partial charge in [0.1, 0.15) is 0 Å². The number of aryl methyl sites for hydroxylation is 2. The molecular formula is C23H25ClN2O3. The molecule has 2 heterocycles. The van der Waals surface area contributed by atoms with Gasteiger partial charge in [-0.15, -0.1) is 0 Å². The monoisotopic (exact) mass is 412 g/mol. The van der Waals surface area contributed by atoms with Crippen molar-refractivity contribution in [3.8, 4) is 5.69 Å². The molecule has 0 saturated carbocycles.